The third kappa shape index (κ3) is 4.36. The summed E-state index contributed by atoms with van der Waals surface area (Å²) >= 11 is 1.43. The third-order valence-corrected chi connectivity index (χ3v) is 5.38. The van der Waals surface area contributed by atoms with Crippen LogP contribution in [-0.4, -0.2) is 33.0 Å². The van der Waals surface area contributed by atoms with Crippen molar-refractivity contribution in [1.82, 2.24) is 25.3 Å². The molecule has 0 saturated heterocycles. The summed E-state index contributed by atoms with van der Waals surface area (Å²) in [5.74, 6) is 0.605. The molecule has 0 bridgehead atoms. The molecule has 0 fully saturated rings. The highest BCUT2D eigenvalue weighted by molar-refractivity contribution is 7.17. The van der Waals surface area contributed by atoms with Crippen LogP contribution in [-0.2, 0) is 6.54 Å². The molecule has 30 heavy (non-hydrogen) atoms. The average molecular weight is 420 g/mol. The van der Waals surface area contributed by atoms with Gasteiger partial charge in [-0.15, -0.1) is 11.3 Å². The fraction of sp³-hybridized carbons (Fsp3) is 0.190. The van der Waals surface area contributed by atoms with E-state index >= 15 is 0 Å². The monoisotopic (exact) mass is 420 g/mol. The number of carbonyl (C=O) groups excluding carboxylic acids is 1. The number of rotatable bonds is 7. The molecule has 0 radical (unpaired) electrons. The molecule has 0 aliphatic carbocycles. The Labute approximate surface area is 177 Å². The van der Waals surface area contributed by atoms with E-state index in [9.17, 15) is 4.79 Å². The van der Waals surface area contributed by atoms with E-state index in [-0.39, 0.29) is 18.5 Å². The van der Waals surface area contributed by atoms with Crippen LogP contribution in [0.25, 0.3) is 10.2 Å². The Morgan fingerprint density at radius 1 is 1.17 bits per heavy atom. The van der Waals surface area contributed by atoms with E-state index in [1.807, 2.05) is 42.6 Å². The molecular formula is C21H20N6O2S. The van der Waals surface area contributed by atoms with Crippen molar-refractivity contribution >= 4 is 33.4 Å². The van der Waals surface area contributed by atoms with Crippen LogP contribution in [0.5, 0.6) is 5.88 Å². The number of nitrogens with one attached hydrogen (secondary N) is 2. The first kappa shape index (κ1) is 19.7. The molecule has 9 heteroatoms. The molecule has 8 nitrogen and oxygen atoms in total. The molecule has 152 valence electrons. The molecule has 0 saturated carbocycles. The lowest BCUT2D eigenvalue weighted by atomic mass is 10.1. The summed E-state index contributed by atoms with van der Waals surface area (Å²) in [7, 11) is 1.56. The van der Waals surface area contributed by atoms with E-state index in [2.05, 4.69) is 30.6 Å². The number of hydrogen-bond acceptors (Lipinski definition) is 8. The van der Waals surface area contributed by atoms with Gasteiger partial charge in [0.05, 0.1) is 35.6 Å². The number of methoxy groups -OCH3 is 1. The quantitative estimate of drug-likeness (QED) is 0.471. The Morgan fingerprint density at radius 2 is 2.07 bits per heavy atom. The maximum atomic E-state index is 12.9. The van der Waals surface area contributed by atoms with Crippen molar-refractivity contribution in [3.63, 3.8) is 0 Å². The SMILES string of the molecule is COc1cccc(CNC(=O)c2nc(NC(C)c3cccnc3)nc3ccsc23)n1. The van der Waals surface area contributed by atoms with Gasteiger partial charge in [0, 0.05) is 18.5 Å². The number of pyridine rings is 2. The molecule has 4 aromatic heterocycles. The van der Waals surface area contributed by atoms with Gasteiger partial charge < -0.3 is 15.4 Å². The summed E-state index contributed by atoms with van der Waals surface area (Å²) in [5.41, 5.74) is 2.75. The molecule has 1 atom stereocenters. The van der Waals surface area contributed by atoms with E-state index in [1.165, 1.54) is 11.3 Å². The van der Waals surface area contributed by atoms with Gasteiger partial charge >= 0.3 is 0 Å². The van der Waals surface area contributed by atoms with Gasteiger partial charge in [-0.2, -0.15) is 0 Å². The lowest BCUT2D eigenvalue weighted by Gasteiger charge is -2.14. The summed E-state index contributed by atoms with van der Waals surface area (Å²) in [4.78, 5) is 30.4. The van der Waals surface area contributed by atoms with Crippen molar-refractivity contribution in [2.75, 3.05) is 12.4 Å². The number of nitrogens with zero attached hydrogens (tertiary/aromatic N) is 4. The Balaban J connectivity index is 1.55. The van der Waals surface area contributed by atoms with Crippen LogP contribution in [0.1, 0.15) is 34.7 Å². The van der Waals surface area contributed by atoms with Crippen LogP contribution >= 0.6 is 11.3 Å². The Hall–Kier alpha value is -3.59. The van der Waals surface area contributed by atoms with Crippen molar-refractivity contribution in [2.45, 2.75) is 19.5 Å². The van der Waals surface area contributed by atoms with E-state index in [0.29, 0.717) is 23.2 Å². The molecule has 1 unspecified atom stereocenters. The van der Waals surface area contributed by atoms with Crippen LogP contribution < -0.4 is 15.4 Å². The Bertz CT molecular complexity index is 1160. The third-order valence-electron chi connectivity index (χ3n) is 4.47. The number of aromatic nitrogens is 4. The van der Waals surface area contributed by atoms with E-state index < -0.39 is 0 Å². The summed E-state index contributed by atoms with van der Waals surface area (Å²) in [5, 5.41) is 8.04. The standard InChI is InChI=1S/C21H20N6O2S/c1-13(14-5-4-9-22-11-14)24-21-26-16-8-10-30-19(16)18(27-21)20(28)23-12-15-6-3-7-17(25-15)29-2/h3-11,13H,12H2,1-2H3,(H,23,28)(H,24,26,27). The largest absolute Gasteiger partial charge is 0.481 e. The predicted molar refractivity (Wildman–Crippen MR) is 116 cm³/mol. The minimum atomic E-state index is -0.286. The topological polar surface area (TPSA) is 102 Å². The van der Waals surface area contributed by atoms with Crippen LogP contribution in [0.15, 0.2) is 54.2 Å². The predicted octanol–water partition coefficient (Wildman–Crippen LogP) is 3.59. The number of thiophene rings is 1. The van der Waals surface area contributed by atoms with Gasteiger partial charge in [-0.25, -0.2) is 15.0 Å². The van der Waals surface area contributed by atoms with Crippen molar-refractivity contribution in [1.29, 1.82) is 0 Å². The fourth-order valence-electron chi connectivity index (χ4n) is 2.92. The zero-order valence-electron chi connectivity index (χ0n) is 16.5. The van der Waals surface area contributed by atoms with Gasteiger partial charge in [0.1, 0.15) is 0 Å². The average Bonchev–Trinajstić information content (AvgIpc) is 3.26. The first-order chi connectivity index (χ1) is 14.6. The highest BCUT2D eigenvalue weighted by Crippen LogP contribution is 2.25. The van der Waals surface area contributed by atoms with Crippen molar-refractivity contribution in [3.8, 4) is 5.88 Å². The highest BCUT2D eigenvalue weighted by Gasteiger charge is 2.17. The first-order valence-corrected chi connectivity index (χ1v) is 10.2. The normalized spacial score (nSPS) is 11.8. The molecule has 0 aliphatic heterocycles. The Kier molecular flexibility index (Phi) is 5.80. The molecule has 4 heterocycles. The van der Waals surface area contributed by atoms with Gasteiger partial charge in [-0.1, -0.05) is 12.1 Å². The number of amides is 1. The molecule has 4 rings (SSSR count). The van der Waals surface area contributed by atoms with Crippen LogP contribution in [0.3, 0.4) is 0 Å². The number of carbonyl (C=O) groups is 1. The number of hydrogen-bond donors (Lipinski definition) is 2. The van der Waals surface area contributed by atoms with E-state index in [0.717, 1.165) is 15.8 Å². The van der Waals surface area contributed by atoms with E-state index in [4.69, 9.17) is 4.74 Å². The summed E-state index contributed by atoms with van der Waals surface area (Å²) in [6, 6.07) is 11.1. The van der Waals surface area contributed by atoms with Gasteiger partial charge in [0.25, 0.3) is 5.91 Å². The molecule has 0 aliphatic rings. The molecule has 4 aromatic rings. The molecule has 2 N–H and O–H groups in total. The van der Waals surface area contributed by atoms with Crippen LogP contribution in [0.4, 0.5) is 5.95 Å². The number of ether oxygens (including phenoxy) is 1. The summed E-state index contributed by atoms with van der Waals surface area (Å²) in [6.07, 6.45) is 3.51. The lowest BCUT2D eigenvalue weighted by molar-refractivity contribution is 0.0947. The second-order valence-corrected chi connectivity index (χ2v) is 7.45. The molecule has 0 aromatic carbocycles. The Morgan fingerprint density at radius 3 is 2.87 bits per heavy atom. The lowest BCUT2D eigenvalue weighted by Crippen LogP contribution is -2.25. The van der Waals surface area contributed by atoms with Crippen LogP contribution in [0.2, 0.25) is 0 Å². The maximum Gasteiger partial charge on any atom is 0.271 e. The second kappa shape index (κ2) is 8.83. The molecule has 1 amide bonds. The summed E-state index contributed by atoms with van der Waals surface area (Å²) in [6.45, 7) is 2.26. The zero-order valence-corrected chi connectivity index (χ0v) is 17.3. The van der Waals surface area contributed by atoms with Crippen molar-refractivity contribution < 1.29 is 9.53 Å². The van der Waals surface area contributed by atoms with Gasteiger partial charge in [-0.3, -0.25) is 9.78 Å². The molecule has 0 spiro atoms. The second-order valence-electron chi connectivity index (χ2n) is 6.54. The van der Waals surface area contributed by atoms with Crippen molar-refractivity contribution in [2.24, 2.45) is 0 Å². The first-order valence-electron chi connectivity index (χ1n) is 9.34. The smallest absolute Gasteiger partial charge is 0.271 e. The summed E-state index contributed by atoms with van der Waals surface area (Å²) < 4.78 is 5.87. The van der Waals surface area contributed by atoms with Gasteiger partial charge in [0.2, 0.25) is 11.8 Å². The highest BCUT2D eigenvalue weighted by atomic mass is 32.1. The minimum Gasteiger partial charge on any atom is -0.481 e. The molecular weight excluding hydrogens is 400 g/mol. The number of anilines is 1. The minimum absolute atomic E-state index is 0.0633. The van der Waals surface area contributed by atoms with Crippen molar-refractivity contribution in [3.05, 3.63) is 71.1 Å². The zero-order chi connectivity index (χ0) is 20.9. The van der Waals surface area contributed by atoms with E-state index in [1.54, 1.807) is 25.6 Å². The van der Waals surface area contributed by atoms with Crippen LogP contribution in [0, 0.1) is 0 Å². The number of fused-ring (bicyclic) bond motifs is 1. The van der Waals surface area contributed by atoms with Gasteiger partial charge in [-0.05, 0) is 36.1 Å². The maximum absolute atomic E-state index is 12.9. The fourth-order valence-corrected chi connectivity index (χ4v) is 3.73. The van der Waals surface area contributed by atoms with Gasteiger partial charge in [0.15, 0.2) is 5.69 Å².